The molecule has 0 amide bonds. The summed E-state index contributed by atoms with van der Waals surface area (Å²) in [6.07, 6.45) is 2.34. The summed E-state index contributed by atoms with van der Waals surface area (Å²) >= 11 is 0. The van der Waals surface area contributed by atoms with Crippen molar-refractivity contribution < 1.29 is 4.74 Å². The SMILES string of the molecule is Cn1nc2cc(OCc3n[nH]c(=O)n3C)c(C3CC3)cc2n1. The van der Waals surface area contributed by atoms with E-state index in [-0.39, 0.29) is 12.3 Å². The van der Waals surface area contributed by atoms with Crippen LogP contribution in [-0.4, -0.2) is 29.8 Å². The Hall–Kier alpha value is -2.64. The van der Waals surface area contributed by atoms with Gasteiger partial charge in [-0.15, -0.1) is 0 Å². The number of hydrogen-bond donors (Lipinski definition) is 1. The quantitative estimate of drug-likeness (QED) is 0.771. The van der Waals surface area contributed by atoms with Crippen molar-refractivity contribution >= 4 is 11.0 Å². The van der Waals surface area contributed by atoms with Gasteiger partial charge >= 0.3 is 5.69 Å². The summed E-state index contributed by atoms with van der Waals surface area (Å²) in [4.78, 5) is 12.9. The summed E-state index contributed by atoms with van der Waals surface area (Å²) in [5.41, 5.74) is 2.60. The average molecular weight is 300 g/mol. The fourth-order valence-corrected chi connectivity index (χ4v) is 2.56. The Bertz CT molecular complexity index is 902. The lowest BCUT2D eigenvalue weighted by atomic mass is 10.1. The van der Waals surface area contributed by atoms with Crippen LogP contribution in [0.2, 0.25) is 0 Å². The normalized spacial score (nSPS) is 14.6. The minimum Gasteiger partial charge on any atom is -0.485 e. The zero-order valence-corrected chi connectivity index (χ0v) is 12.4. The van der Waals surface area contributed by atoms with Crippen molar-refractivity contribution in [3.63, 3.8) is 0 Å². The molecule has 2 aromatic heterocycles. The van der Waals surface area contributed by atoms with Gasteiger partial charge in [-0.1, -0.05) is 0 Å². The summed E-state index contributed by atoms with van der Waals surface area (Å²) < 4.78 is 7.36. The lowest BCUT2D eigenvalue weighted by molar-refractivity contribution is 0.288. The van der Waals surface area contributed by atoms with E-state index in [4.69, 9.17) is 4.74 Å². The molecule has 1 saturated carbocycles. The third kappa shape index (κ3) is 2.16. The van der Waals surface area contributed by atoms with Gasteiger partial charge in [0, 0.05) is 20.2 Å². The minimum absolute atomic E-state index is 0.237. The number of H-pyrrole nitrogens is 1. The number of hydrogen-bond acceptors (Lipinski definition) is 5. The maximum Gasteiger partial charge on any atom is 0.343 e. The molecule has 0 aliphatic heterocycles. The van der Waals surface area contributed by atoms with Crippen LogP contribution in [0.15, 0.2) is 16.9 Å². The van der Waals surface area contributed by atoms with E-state index in [2.05, 4.69) is 26.5 Å². The van der Waals surface area contributed by atoms with E-state index in [0.29, 0.717) is 11.7 Å². The van der Waals surface area contributed by atoms with Gasteiger partial charge in [-0.05, 0) is 30.4 Å². The molecule has 1 N–H and O–H groups in total. The molecule has 8 heteroatoms. The number of nitrogens with zero attached hydrogens (tertiary/aromatic N) is 5. The molecule has 0 radical (unpaired) electrons. The molecule has 0 bridgehead atoms. The van der Waals surface area contributed by atoms with E-state index in [1.165, 1.54) is 17.4 Å². The molecule has 114 valence electrons. The number of nitrogens with one attached hydrogen (secondary N) is 1. The summed E-state index contributed by atoms with van der Waals surface area (Å²) in [5.74, 6) is 1.89. The highest BCUT2D eigenvalue weighted by atomic mass is 16.5. The van der Waals surface area contributed by atoms with Crippen LogP contribution in [0.4, 0.5) is 0 Å². The predicted octanol–water partition coefficient (Wildman–Crippen LogP) is 0.846. The maximum absolute atomic E-state index is 11.4. The second-order valence-electron chi connectivity index (χ2n) is 5.64. The largest absolute Gasteiger partial charge is 0.485 e. The van der Waals surface area contributed by atoms with E-state index in [9.17, 15) is 4.79 Å². The van der Waals surface area contributed by atoms with Gasteiger partial charge in [0.2, 0.25) is 0 Å². The Kier molecular flexibility index (Phi) is 2.78. The number of aryl methyl sites for hydroxylation is 1. The van der Waals surface area contributed by atoms with Crippen molar-refractivity contribution in [3.8, 4) is 5.75 Å². The second-order valence-corrected chi connectivity index (χ2v) is 5.64. The monoisotopic (exact) mass is 300 g/mol. The summed E-state index contributed by atoms with van der Waals surface area (Å²) in [6.45, 7) is 0.237. The first kappa shape index (κ1) is 13.1. The molecule has 3 aromatic rings. The van der Waals surface area contributed by atoms with E-state index in [1.807, 2.05) is 6.07 Å². The molecule has 0 unspecified atom stereocenters. The number of rotatable bonds is 4. The first-order valence-corrected chi connectivity index (χ1v) is 7.20. The Labute approximate surface area is 125 Å². The molecule has 2 heterocycles. The van der Waals surface area contributed by atoms with Crippen LogP contribution in [-0.2, 0) is 20.7 Å². The Morgan fingerprint density at radius 1 is 1.27 bits per heavy atom. The molecule has 22 heavy (non-hydrogen) atoms. The van der Waals surface area contributed by atoms with Gasteiger partial charge in [0.15, 0.2) is 5.82 Å². The molecular formula is C14H16N6O2. The lowest BCUT2D eigenvalue weighted by Gasteiger charge is -2.10. The Morgan fingerprint density at radius 3 is 2.64 bits per heavy atom. The van der Waals surface area contributed by atoms with Gasteiger partial charge in [0.05, 0.1) is 0 Å². The highest BCUT2D eigenvalue weighted by molar-refractivity contribution is 5.77. The maximum atomic E-state index is 11.4. The van der Waals surface area contributed by atoms with Crippen LogP contribution in [0, 0.1) is 0 Å². The van der Waals surface area contributed by atoms with Crippen molar-refractivity contribution in [1.29, 1.82) is 0 Å². The van der Waals surface area contributed by atoms with Crippen LogP contribution in [0.1, 0.15) is 30.1 Å². The fourth-order valence-electron chi connectivity index (χ4n) is 2.56. The van der Waals surface area contributed by atoms with Gasteiger partial charge in [-0.2, -0.15) is 20.1 Å². The number of aromatic amines is 1. The van der Waals surface area contributed by atoms with Crippen LogP contribution in [0.25, 0.3) is 11.0 Å². The number of benzene rings is 1. The second kappa shape index (κ2) is 4.69. The van der Waals surface area contributed by atoms with Crippen LogP contribution in [0.3, 0.4) is 0 Å². The Morgan fingerprint density at radius 2 is 2.00 bits per heavy atom. The zero-order chi connectivity index (χ0) is 15.3. The third-order valence-corrected chi connectivity index (χ3v) is 3.96. The number of ether oxygens (including phenoxy) is 1. The predicted molar refractivity (Wildman–Crippen MR) is 78.6 cm³/mol. The van der Waals surface area contributed by atoms with E-state index in [0.717, 1.165) is 22.3 Å². The summed E-state index contributed by atoms with van der Waals surface area (Å²) in [5, 5.41) is 15.0. The van der Waals surface area contributed by atoms with Crippen molar-refractivity contribution in [1.82, 2.24) is 29.8 Å². The molecule has 0 saturated heterocycles. The van der Waals surface area contributed by atoms with E-state index < -0.39 is 0 Å². The van der Waals surface area contributed by atoms with Gasteiger partial charge < -0.3 is 4.74 Å². The highest BCUT2D eigenvalue weighted by Crippen LogP contribution is 2.45. The third-order valence-electron chi connectivity index (χ3n) is 3.96. The molecule has 4 rings (SSSR count). The van der Waals surface area contributed by atoms with Gasteiger partial charge in [0.1, 0.15) is 23.4 Å². The lowest BCUT2D eigenvalue weighted by Crippen LogP contribution is -2.15. The molecule has 1 fully saturated rings. The van der Waals surface area contributed by atoms with Crippen molar-refractivity contribution in [2.75, 3.05) is 0 Å². The van der Waals surface area contributed by atoms with Gasteiger partial charge in [-0.25, -0.2) is 9.89 Å². The summed E-state index contributed by atoms with van der Waals surface area (Å²) in [7, 11) is 3.47. The number of aromatic nitrogens is 6. The average Bonchev–Trinajstić information content (AvgIpc) is 3.20. The molecule has 0 spiro atoms. The molecule has 8 nitrogen and oxygen atoms in total. The smallest absolute Gasteiger partial charge is 0.343 e. The van der Waals surface area contributed by atoms with Crippen LogP contribution >= 0.6 is 0 Å². The van der Waals surface area contributed by atoms with Crippen molar-refractivity contribution in [2.24, 2.45) is 14.1 Å². The highest BCUT2D eigenvalue weighted by Gasteiger charge is 2.28. The molecule has 0 atom stereocenters. The zero-order valence-electron chi connectivity index (χ0n) is 12.4. The fraction of sp³-hybridized carbons (Fsp3) is 0.429. The van der Waals surface area contributed by atoms with Gasteiger partial charge in [0.25, 0.3) is 0 Å². The first-order chi connectivity index (χ1) is 10.6. The van der Waals surface area contributed by atoms with Crippen molar-refractivity contribution in [2.45, 2.75) is 25.4 Å². The summed E-state index contributed by atoms with van der Waals surface area (Å²) in [6, 6.07) is 3.97. The standard InChI is InChI=1S/C14H16N6O2/c1-19-13(15-16-14(19)21)7-22-12-6-11-10(17-20(2)18-11)5-9(12)8-3-4-8/h5-6,8H,3-4,7H2,1-2H3,(H,16,21). The van der Waals surface area contributed by atoms with Crippen molar-refractivity contribution in [3.05, 3.63) is 34.0 Å². The molecule has 1 aliphatic rings. The molecule has 1 aliphatic carbocycles. The van der Waals surface area contributed by atoms with E-state index >= 15 is 0 Å². The first-order valence-electron chi connectivity index (χ1n) is 7.20. The van der Waals surface area contributed by atoms with Crippen LogP contribution in [0.5, 0.6) is 5.75 Å². The van der Waals surface area contributed by atoms with E-state index in [1.54, 1.807) is 18.9 Å². The number of fused-ring (bicyclic) bond motifs is 1. The Balaban J connectivity index is 1.68. The van der Waals surface area contributed by atoms with Gasteiger partial charge in [-0.3, -0.25) is 4.57 Å². The topological polar surface area (TPSA) is 90.6 Å². The van der Waals surface area contributed by atoms with Crippen LogP contribution < -0.4 is 10.4 Å². The minimum atomic E-state index is -0.245. The molecular weight excluding hydrogens is 284 g/mol. The molecule has 1 aromatic carbocycles.